The van der Waals surface area contributed by atoms with Gasteiger partial charge < -0.3 is 14.8 Å². The number of nitrogens with zero attached hydrogens (tertiary/aromatic N) is 3. The molecule has 1 rings (SSSR count). The lowest BCUT2D eigenvalue weighted by atomic mass is 10.2. The van der Waals surface area contributed by atoms with E-state index in [1.165, 1.54) is 7.05 Å². The Morgan fingerprint density at radius 3 is 2.55 bits per heavy atom. The van der Waals surface area contributed by atoms with Crippen LogP contribution in [0.1, 0.15) is 44.5 Å². The number of hydrogen-bond donors (Lipinski definition) is 1. The summed E-state index contributed by atoms with van der Waals surface area (Å²) in [5, 5.41) is 3.06. The predicted molar refractivity (Wildman–Crippen MR) is 124 cm³/mol. The maximum absolute atomic E-state index is 12.5. The number of carbonyl (C=O) groups is 2. The summed E-state index contributed by atoms with van der Waals surface area (Å²) in [4.78, 5) is 34.0. The zero-order valence-corrected chi connectivity index (χ0v) is 19.0. The Bertz CT molecular complexity index is 854. The molecule has 1 heterocycles. The summed E-state index contributed by atoms with van der Waals surface area (Å²) in [6.07, 6.45) is 9.74. The molecule has 168 valence electrons. The van der Waals surface area contributed by atoms with Crippen molar-refractivity contribution in [2.45, 2.75) is 39.7 Å². The molecule has 0 atom stereocenters. The molecule has 1 amide bonds. The van der Waals surface area contributed by atoms with Gasteiger partial charge in [-0.1, -0.05) is 37.0 Å². The van der Waals surface area contributed by atoms with Gasteiger partial charge >= 0.3 is 6.09 Å². The minimum absolute atomic E-state index is 0.0334. The van der Waals surface area contributed by atoms with Crippen molar-refractivity contribution in [3.05, 3.63) is 54.7 Å². The van der Waals surface area contributed by atoms with Crippen LogP contribution in [0.15, 0.2) is 49.1 Å². The standard InChI is InChI=1S/C23H32N4O4/c1-8-10-12-13-17(3)16-30-20-18(15-28)19(24-14-11-9-2)25-21(26-20)27(7)22(29)31-23(4,5)6/h8-10,12-13,15H,2-3,11,14,16H2,1,4-7H3,(H,24,25,26). The van der Waals surface area contributed by atoms with E-state index in [0.717, 1.165) is 4.90 Å². The first-order chi connectivity index (χ1) is 14.6. The largest absolute Gasteiger partial charge is 0.472 e. The SMILES string of the molecule is C=CCCNc1nc(N(C)C(=O)OC(C)(C)C)nc(OCC(=C)C=CC=CC)c1C=O. The number of hydrogen-bond acceptors (Lipinski definition) is 7. The second-order valence-corrected chi connectivity index (χ2v) is 7.58. The van der Waals surface area contributed by atoms with Crippen molar-refractivity contribution in [3.63, 3.8) is 0 Å². The third-order valence-corrected chi connectivity index (χ3v) is 3.65. The van der Waals surface area contributed by atoms with Crippen LogP contribution in [-0.4, -0.2) is 48.1 Å². The molecular weight excluding hydrogens is 396 g/mol. The van der Waals surface area contributed by atoms with E-state index in [0.29, 0.717) is 24.8 Å². The van der Waals surface area contributed by atoms with Gasteiger partial charge in [-0.3, -0.25) is 4.79 Å². The first-order valence-electron chi connectivity index (χ1n) is 9.91. The Kier molecular flexibility index (Phi) is 10.2. The molecule has 1 aromatic heterocycles. The van der Waals surface area contributed by atoms with Crippen molar-refractivity contribution in [1.82, 2.24) is 9.97 Å². The lowest BCUT2D eigenvalue weighted by molar-refractivity contribution is 0.0587. The molecule has 0 radical (unpaired) electrons. The van der Waals surface area contributed by atoms with Crippen molar-refractivity contribution in [1.29, 1.82) is 0 Å². The number of nitrogens with one attached hydrogen (secondary N) is 1. The van der Waals surface area contributed by atoms with E-state index < -0.39 is 11.7 Å². The third kappa shape index (κ3) is 8.86. The van der Waals surface area contributed by atoms with Crippen LogP contribution in [0.4, 0.5) is 16.6 Å². The Balaban J connectivity index is 3.25. The summed E-state index contributed by atoms with van der Waals surface area (Å²) < 4.78 is 11.1. The highest BCUT2D eigenvalue weighted by molar-refractivity contribution is 5.89. The van der Waals surface area contributed by atoms with E-state index in [1.807, 2.05) is 25.2 Å². The highest BCUT2D eigenvalue weighted by atomic mass is 16.6. The maximum Gasteiger partial charge on any atom is 0.416 e. The summed E-state index contributed by atoms with van der Waals surface area (Å²) in [7, 11) is 1.49. The topological polar surface area (TPSA) is 93.7 Å². The Morgan fingerprint density at radius 1 is 1.26 bits per heavy atom. The van der Waals surface area contributed by atoms with Gasteiger partial charge in [0.2, 0.25) is 11.8 Å². The number of anilines is 2. The molecule has 8 heteroatoms. The van der Waals surface area contributed by atoms with Crippen LogP contribution in [0.5, 0.6) is 5.88 Å². The molecule has 8 nitrogen and oxygen atoms in total. The van der Waals surface area contributed by atoms with Crippen molar-refractivity contribution in [2.75, 3.05) is 30.4 Å². The summed E-state index contributed by atoms with van der Waals surface area (Å²) in [5.41, 5.74) is 0.141. The van der Waals surface area contributed by atoms with Crippen molar-refractivity contribution in [3.8, 4) is 5.88 Å². The first-order valence-corrected chi connectivity index (χ1v) is 9.91. The van der Waals surface area contributed by atoms with Crippen molar-refractivity contribution in [2.24, 2.45) is 0 Å². The molecule has 0 aliphatic carbocycles. The monoisotopic (exact) mass is 428 g/mol. The average Bonchev–Trinajstić information content (AvgIpc) is 2.70. The molecule has 0 aliphatic heterocycles. The summed E-state index contributed by atoms with van der Waals surface area (Å²) >= 11 is 0. The van der Waals surface area contributed by atoms with E-state index in [9.17, 15) is 9.59 Å². The summed E-state index contributed by atoms with van der Waals surface area (Å²) in [5.74, 6) is 0.324. The maximum atomic E-state index is 12.5. The van der Waals surface area contributed by atoms with Crippen LogP contribution in [-0.2, 0) is 4.74 Å². The summed E-state index contributed by atoms with van der Waals surface area (Å²) in [6.45, 7) is 15.4. The molecule has 31 heavy (non-hydrogen) atoms. The Hall–Kier alpha value is -3.42. The zero-order chi connectivity index (χ0) is 23.4. The van der Waals surface area contributed by atoms with Gasteiger partial charge in [-0.05, 0) is 39.7 Å². The molecule has 0 fully saturated rings. The van der Waals surface area contributed by atoms with E-state index in [-0.39, 0.29) is 29.8 Å². The van der Waals surface area contributed by atoms with Gasteiger partial charge in [0, 0.05) is 13.6 Å². The van der Waals surface area contributed by atoms with Crippen LogP contribution in [0.25, 0.3) is 0 Å². The van der Waals surface area contributed by atoms with Crippen LogP contribution in [0.2, 0.25) is 0 Å². The minimum Gasteiger partial charge on any atom is -0.472 e. The van der Waals surface area contributed by atoms with Gasteiger partial charge in [0.1, 0.15) is 23.6 Å². The van der Waals surface area contributed by atoms with Crippen molar-refractivity contribution >= 4 is 24.1 Å². The van der Waals surface area contributed by atoms with Crippen LogP contribution >= 0.6 is 0 Å². The zero-order valence-electron chi connectivity index (χ0n) is 19.0. The lowest BCUT2D eigenvalue weighted by Gasteiger charge is -2.24. The van der Waals surface area contributed by atoms with Gasteiger partial charge in [-0.15, -0.1) is 6.58 Å². The van der Waals surface area contributed by atoms with Gasteiger partial charge in [-0.2, -0.15) is 9.97 Å². The first kappa shape index (κ1) is 25.6. The van der Waals surface area contributed by atoms with Gasteiger partial charge in [0.05, 0.1) is 0 Å². The van der Waals surface area contributed by atoms with Crippen LogP contribution in [0, 0.1) is 0 Å². The van der Waals surface area contributed by atoms with Crippen molar-refractivity contribution < 1.29 is 19.1 Å². The lowest BCUT2D eigenvalue weighted by Crippen LogP contribution is -2.35. The quantitative estimate of drug-likeness (QED) is 0.236. The van der Waals surface area contributed by atoms with Gasteiger partial charge in [0.15, 0.2) is 6.29 Å². The number of amides is 1. The second kappa shape index (κ2) is 12.3. The Labute approximate surface area is 184 Å². The van der Waals surface area contributed by atoms with Gasteiger partial charge in [0.25, 0.3) is 0 Å². The highest BCUT2D eigenvalue weighted by Crippen LogP contribution is 2.26. The number of carbonyl (C=O) groups excluding carboxylic acids is 2. The highest BCUT2D eigenvalue weighted by Gasteiger charge is 2.25. The normalized spacial score (nSPS) is 11.4. The average molecular weight is 429 g/mol. The molecule has 0 saturated carbocycles. The predicted octanol–water partition coefficient (Wildman–Crippen LogP) is 4.72. The molecule has 0 unspecified atom stereocenters. The number of allylic oxidation sites excluding steroid dienone is 3. The fraction of sp³-hybridized carbons (Fsp3) is 0.391. The van der Waals surface area contributed by atoms with Gasteiger partial charge in [-0.25, -0.2) is 9.69 Å². The van der Waals surface area contributed by atoms with E-state index >= 15 is 0 Å². The fourth-order valence-corrected chi connectivity index (χ4v) is 2.16. The number of aromatic nitrogens is 2. The molecular formula is C23H32N4O4. The molecule has 0 aliphatic rings. The second-order valence-electron chi connectivity index (χ2n) is 7.58. The number of rotatable bonds is 11. The number of ether oxygens (including phenoxy) is 2. The molecule has 0 saturated heterocycles. The summed E-state index contributed by atoms with van der Waals surface area (Å²) in [6, 6.07) is 0. The number of aldehydes is 1. The molecule has 0 spiro atoms. The Morgan fingerprint density at radius 2 is 1.97 bits per heavy atom. The fourth-order valence-electron chi connectivity index (χ4n) is 2.16. The molecule has 0 aromatic carbocycles. The molecule has 1 N–H and O–H groups in total. The molecule has 0 bridgehead atoms. The minimum atomic E-state index is -0.685. The molecule has 1 aromatic rings. The smallest absolute Gasteiger partial charge is 0.416 e. The van der Waals surface area contributed by atoms with E-state index in [4.69, 9.17) is 9.47 Å². The van der Waals surface area contributed by atoms with E-state index in [1.54, 1.807) is 32.9 Å². The third-order valence-electron chi connectivity index (χ3n) is 3.65. The van der Waals surface area contributed by atoms with Crippen LogP contribution in [0.3, 0.4) is 0 Å². The van der Waals surface area contributed by atoms with E-state index in [2.05, 4.69) is 28.4 Å². The van der Waals surface area contributed by atoms with Crippen LogP contribution < -0.4 is 15.0 Å².